The monoisotopic (exact) mass is 802 g/mol. The summed E-state index contributed by atoms with van der Waals surface area (Å²) in [4.78, 5) is 34.9. The molecule has 326 valence electrons. The van der Waals surface area contributed by atoms with Crippen molar-refractivity contribution < 1.29 is 37.6 Å². The number of hydrogen-bond donors (Lipinski definition) is 2. The Hall–Kier alpha value is -1.25. The second-order valence-electron chi connectivity index (χ2n) is 15.6. The first-order valence-corrected chi connectivity index (χ1v) is 24.7. The highest BCUT2D eigenvalue weighted by atomic mass is 31.2. The average molecular weight is 802 g/mol. The number of allylic oxidation sites excluding steroid dienone is 2. The molecule has 0 spiro atoms. The molecule has 2 atom stereocenters. The number of rotatable bonds is 44. The Balaban J connectivity index is 4.07. The van der Waals surface area contributed by atoms with E-state index in [1.165, 1.54) is 148 Å². The number of carbonyl (C=O) groups is 2. The van der Waals surface area contributed by atoms with Gasteiger partial charge in [-0.2, -0.15) is 0 Å². The first-order valence-electron chi connectivity index (χ1n) is 23.2. The van der Waals surface area contributed by atoms with E-state index in [0.29, 0.717) is 6.42 Å². The predicted molar refractivity (Wildman–Crippen MR) is 229 cm³/mol. The van der Waals surface area contributed by atoms with Crippen molar-refractivity contribution >= 4 is 19.8 Å². The van der Waals surface area contributed by atoms with Gasteiger partial charge in [-0.3, -0.25) is 18.6 Å². The molecular weight excluding hydrogens is 713 g/mol. The van der Waals surface area contributed by atoms with Crippen LogP contribution in [0.1, 0.15) is 232 Å². The SMILES string of the molecule is CCCCCCCC/C=C\CCCCCCCC(=O)O[C@H](COC(=O)CCCCCCCCCCCCCCCCCCCCC)COP(=O)(O)OCCN. The van der Waals surface area contributed by atoms with Gasteiger partial charge in [0.2, 0.25) is 0 Å². The number of nitrogens with two attached hydrogens (primary N) is 1. The molecule has 0 aromatic heterocycles. The normalized spacial score (nSPS) is 13.3. The molecule has 0 saturated heterocycles. The van der Waals surface area contributed by atoms with E-state index in [1.807, 2.05) is 0 Å². The second kappa shape index (κ2) is 42.4. The van der Waals surface area contributed by atoms with Crippen LogP contribution >= 0.6 is 7.82 Å². The summed E-state index contributed by atoms with van der Waals surface area (Å²) in [6.07, 6.45) is 43.8. The van der Waals surface area contributed by atoms with Crippen molar-refractivity contribution in [1.29, 1.82) is 0 Å². The Bertz CT molecular complexity index is 917. The zero-order valence-corrected chi connectivity index (χ0v) is 36.8. The first-order chi connectivity index (χ1) is 26.8. The van der Waals surface area contributed by atoms with Crippen molar-refractivity contribution in [2.24, 2.45) is 5.73 Å². The van der Waals surface area contributed by atoms with Crippen LogP contribution in [-0.2, 0) is 32.7 Å². The quantitative estimate of drug-likeness (QED) is 0.0267. The number of carbonyl (C=O) groups excluding carboxylic acids is 2. The molecule has 0 amide bonds. The third-order valence-corrected chi connectivity index (χ3v) is 11.1. The molecule has 10 heteroatoms. The zero-order valence-electron chi connectivity index (χ0n) is 35.9. The molecule has 0 fully saturated rings. The lowest BCUT2D eigenvalue weighted by atomic mass is 10.0. The zero-order chi connectivity index (χ0) is 40.3. The van der Waals surface area contributed by atoms with E-state index in [9.17, 15) is 19.0 Å². The molecule has 0 aliphatic carbocycles. The molecule has 0 bridgehead atoms. The molecule has 0 aliphatic rings. The highest BCUT2D eigenvalue weighted by Crippen LogP contribution is 2.43. The number of phosphoric ester groups is 1. The van der Waals surface area contributed by atoms with Crippen LogP contribution in [0.4, 0.5) is 0 Å². The standard InChI is InChI=1S/C45H88NO8P/c1-3-5-7-9-11-13-15-17-19-20-21-22-24-25-27-29-31-33-35-37-44(47)51-41-43(42-53-55(49,50)52-40-39-46)54-45(48)38-36-34-32-30-28-26-23-18-16-14-12-10-8-6-4-2/h18,23,43H,3-17,19-22,24-42,46H2,1-2H3,(H,49,50)/b23-18-/t43-/m1/s1. The summed E-state index contributed by atoms with van der Waals surface area (Å²) < 4.78 is 32.8. The maximum atomic E-state index is 12.6. The van der Waals surface area contributed by atoms with Crippen LogP contribution in [-0.4, -0.2) is 49.3 Å². The van der Waals surface area contributed by atoms with Gasteiger partial charge in [-0.05, 0) is 38.5 Å². The minimum Gasteiger partial charge on any atom is -0.462 e. The molecule has 55 heavy (non-hydrogen) atoms. The van der Waals surface area contributed by atoms with Gasteiger partial charge in [-0.25, -0.2) is 4.57 Å². The molecule has 3 N–H and O–H groups in total. The molecule has 0 aromatic rings. The molecule has 0 rings (SSSR count). The Morgan fingerprint density at radius 3 is 1.29 bits per heavy atom. The van der Waals surface area contributed by atoms with Gasteiger partial charge in [0.15, 0.2) is 6.10 Å². The molecule has 0 aliphatic heterocycles. The molecule has 0 saturated carbocycles. The van der Waals surface area contributed by atoms with Crippen molar-refractivity contribution in [3.63, 3.8) is 0 Å². The smallest absolute Gasteiger partial charge is 0.462 e. The van der Waals surface area contributed by atoms with Crippen LogP contribution in [0.3, 0.4) is 0 Å². The van der Waals surface area contributed by atoms with E-state index < -0.39 is 26.5 Å². The molecule has 9 nitrogen and oxygen atoms in total. The Labute approximate surface area is 339 Å². The summed E-state index contributed by atoms with van der Waals surface area (Å²) in [5, 5.41) is 0. The molecule has 0 heterocycles. The minimum atomic E-state index is -4.37. The van der Waals surface area contributed by atoms with E-state index in [1.54, 1.807) is 0 Å². The fourth-order valence-electron chi connectivity index (χ4n) is 6.69. The van der Waals surface area contributed by atoms with Gasteiger partial charge in [-0.15, -0.1) is 0 Å². The number of ether oxygens (including phenoxy) is 2. The molecule has 0 aromatic carbocycles. The van der Waals surface area contributed by atoms with Crippen LogP contribution in [0, 0.1) is 0 Å². The number of hydrogen-bond acceptors (Lipinski definition) is 8. The molecule has 1 unspecified atom stereocenters. The Morgan fingerprint density at radius 2 is 0.891 bits per heavy atom. The average Bonchev–Trinajstić information content (AvgIpc) is 3.17. The van der Waals surface area contributed by atoms with Crippen LogP contribution in [0.25, 0.3) is 0 Å². The van der Waals surface area contributed by atoms with E-state index in [0.717, 1.165) is 51.4 Å². The number of esters is 2. The summed E-state index contributed by atoms with van der Waals surface area (Å²) in [7, 11) is -4.37. The Morgan fingerprint density at radius 1 is 0.527 bits per heavy atom. The highest BCUT2D eigenvalue weighted by molar-refractivity contribution is 7.47. The third kappa shape index (κ3) is 42.2. The van der Waals surface area contributed by atoms with Gasteiger partial charge < -0.3 is 20.1 Å². The fourth-order valence-corrected chi connectivity index (χ4v) is 7.45. The van der Waals surface area contributed by atoms with E-state index in [2.05, 4.69) is 26.0 Å². The second-order valence-corrected chi connectivity index (χ2v) is 17.1. The lowest BCUT2D eigenvalue weighted by Gasteiger charge is -2.19. The fraction of sp³-hybridized carbons (Fsp3) is 0.911. The Kier molecular flexibility index (Phi) is 41.4. The molecule has 0 radical (unpaired) electrons. The number of unbranched alkanes of at least 4 members (excludes halogenated alkanes) is 29. The van der Waals surface area contributed by atoms with Crippen molar-refractivity contribution in [2.45, 2.75) is 238 Å². The summed E-state index contributed by atoms with van der Waals surface area (Å²) in [5.74, 6) is -0.825. The number of phosphoric acid groups is 1. The van der Waals surface area contributed by atoms with Crippen LogP contribution in [0.15, 0.2) is 12.2 Å². The van der Waals surface area contributed by atoms with Gasteiger partial charge in [0, 0.05) is 19.4 Å². The molecular formula is C45H88NO8P. The van der Waals surface area contributed by atoms with Gasteiger partial charge in [0.25, 0.3) is 0 Å². The lowest BCUT2D eigenvalue weighted by molar-refractivity contribution is -0.161. The van der Waals surface area contributed by atoms with Gasteiger partial charge in [0.05, 0.1) is 13.2 Å². The van der Waals surface area contributed by atoms with Gasteiger partial charge in [0.1, 0.15) is 6.61 Å². The van der Waals surface area contributed by atoms with E-state index in [4.69, 9.17) is 24.3 Å². The van der Waals surface area contributed by atoms with Crippen LogP contribution < -0.4 is 5.73 Å². The van der Waals surface area contributed by atoms with Crippen LogP contribution in [0.2, 0.25) is 0 Å². The maximum absolute atomic E-state index is 12.6. The van der Waals surface area contributed by atoms with Crippen molar-refractivity contribution in [3.8, 4) is 0 Å². The third-order valence-electron chi connectivity index (χ3n) is 10.2. The first kappa shape index (κ1) is 53.8. The largest absolute Gasteiger partial charge is 0.472 e. The predicted octanol–water partition coefficient (Wildman–Crippen LogP) is 13.4. The van der Waals surface area contributed by atoms with Gasteiger partial charge in [-0.1, -0.05) is 193 Å². The van der Waals surface area contributed by atoms with Gasteiger partial charge >= 0.3 is 19.8 Å². The van der Waals surface area contributed by atoms with Crippen LogP contribution in [0.5, 0.6) is 0 Å². The summed E-state index contributed by atoms with van der Waals surface area (Å²) in [5.41, 5.74) is 5.35. The lowest BCUT2D eigenvalue weighted by Crippen LogP contribution is -2.29. The summed E-state index contributed by atoms with van der Waals surface area (Å²) in [6, 6.07) is 0. The van der Waals surface area contributed by atoms with Crippen molar-refractivity contribution in [1.82, 2.24) is 0 Å². The van der Waals surface area contributed by atoms with Crippen molar-refractivity contribution in [3.05, 3.63) is 12.2 Å². The highest BCUT2D eigenvalue weighted by Gasteiger charge is 2.26. The van der Waals surface area contributed by atoms with Crippen molar-refractivity contribution in [2.75, 3.05) is 26.4 Å². The van der Waals surface area contributed by atoms with E-state index >= 15 is 0 Å². The summed E-state index contributed by atoms with van der Waals surface area (Å²) >= 11 is 0. The minimum absolute atomic E-state index is 0.0549. The van der Waals surface area contributed by atoms with E-state index in [-0.39, 0.29) is 38.6 Å². The topological polar surface area (TPSA) is 134 Å². The maximum Gasteiger partial charge on any atom is 0.472 e. The summed E-state index contributed by atoms with van der Waals surface area (Å²) in [6.45, 7) is 3.76.